The second-order valence-electron chi connectivity index (χ2n) is 4.68. The van der Waals surface area contributed by atoms with E-state index in [1.807, 2.05) is 13.1 Å². The lowest BCUT2D eigenvalue weighted by Gasteiger charge is -2.29. The Morgan fingerprint density at radius 3 is 3.10 bits per heavy atom. The Morgan fingerprint density at radius 1 is 1.40 bits per heavy atom. The van der Waals surface area contributed by atoms with E-state index in [0.29, 0.717) is 26.0 Å². The van der Waals surface area contributed by atoms with Crippen LogP contribution in [0.15, 0.2) is 30.7 Å². The van der Waals surface area contributed by atoms with Gasteiger partial charge in [0, 0.05) is 37.6 Å². The maximum Gasteiger partial charge on any atom is 0.227 e. The third kappa shape index (κ3) is 2.36. The number of fused-ring (bicyclic) bond motifs is 1. The van der Waals surface area contributed by atoms with Gasteiger partial charge in [-0.2, -0.15) is 5.10 Å². The first-order valence-electron chi connectivity index (χ1n) is 6.60. The highest BCUT2D eigenvalue weighted by molar-refractivity contribution is 5.95. The first-order valence-corrected chi connectivity index (χ1v) is 6.60. The van der Waals surface area contributed by atoms with E-state index in [-0.39, 0.29) is 5.91 Å². The molecular formula is C14H16N4O2. The summed E-state index contributed by atoms with van der Waals surface area (Å²) in [4.78, 5) is 18.2. The van der Waals surface area contributed by atoms with E-state index in [4.69, 9.17) is 4.74 Å². The second kappa shape index (κ2) is 5.32. The molecule has 0 aliphatic carbocycles. The molecule has 6 nitrogen and oxygen atoms in total. The number of ether oxygens (including phenoxy) is 1. The zero-order valence-electron chi connectivity index (χ0n) is 11.3. The van der Waals surface area contributed by atoms with E-state index in [0.717, 1.165) is 17.1 Å². The van der Waals surface area contributed by atoms with Crippen molar-refractivity contribution in [1.29, 1.82) is 0 Å². The van der Waals surface area contributed by atoms with Crippen molar-refractivity contribution in [2.45, 2.75) is 12.8 Å². The van der Waals surface area contributed by atoms with Crippen molar-refractivity contribution in [3.63, 3.8) is 0 Å². The van der Waals surface area contributed by atoms with Gasteiger partial charge in [0.1, 0.15) is 18.0 Å². The Hall–Kier alpha value is -2.37. The molecule has 0 saturated carbocycles. The lowest BCUT2D eigenvalue weighted by atomic mass is 10.2. The quantitative estimate of drug-likeness (QED) is 0.841. The number of rotatable bonds is 3. The van der Waals surface area contributed by atoms with Gasteiger partial charge in [0.25, 0.3) is 0 Å². The van der Waals surface area contributed by atoms with Gasteiger partial charge in [-0.25, -0.2) is 0 Å². The molecule has 0 atom stereocenters. The largest absolute Gasteiger partial charge is 0.489 e. The maximum absolute atomic E-state index is 12.4. The maximum atomic E-state index is 12.4. The zero-order chi connectivity index (χ0) is 13.9. The molecule has 0 fully saturated rings. The highest BCUT2D eigenvalue weighted by Crippen LogP contribution is 2.30. The summed E-state index contributed by atoms with van der Waals surface area (Å²) >= 11 is 0. The molecule has 2 aromatic rings. The van der Waals surface area contributed by atoms with E-state index in [9.17, 15) is 4.79 Å². The summed E-state index contributed by atoms with van der Waals surface area (Å²) in [5.74, 6) is 0.809. The number of pyridine rings is 1. The molecule has 0 spiro atoms. The molecule has 2 aromatic heterocycles. The van der Waals surface area contributed by atoms with Crippen LogP contribution in [0.4, 0.5) is 5.69 Å². The van der Waals surface area contributed by atoms with E-state index in [1.54, 1.807) is 34.2 Å². The van der Waals surface area contributed by atoms with Crippen molar-refractivity contribution in [2.75, 3.05) is 18.1 Å². The Labute approximate surface area is 117 Å². The van der Waals surface area contributed by atoms with Crippen molar-refractivity contribution in [2.24, 2.45) is 7.05 Å². The Morgan fingerprint density at radius 2 is 2.30 bits per heavy atom. The normalized spacial score (nSPS) is 13.8. The van der Waals surface area contributed by atoms with E-state index in [2.05, 4.69) is 10.1 Å². The number of aryl methyl sites for hydroxylation is 2. The number of amides is 1. The number of aromatic nitrogens is 3. The minimum atomic E-state index is 0.0868. The molecule has 0 bridgehead atoms. The number of carbonyl (C=O) groups is 1. The molecule has 1 aliphatic heterocycles. The smallest absolute Gasteiger partial charge is 0.227 e. The lowest BCUT2D eigenvalue weighted by Crippen LogP contribution is -2.38. The monoisotopic (exact) mass is 272 g/mol. The fourth-order valence-electron chi connectivity index (χ4n) is 2.34. The van der Waals surface area contributed by atoms with Crippen molar-refractivity contribution < 1.29 is 9.53 Å². The van der Waals surface area contributed by atoms with Gasteiger partial charge in [0.05, 0.1) is 12.7 Å². The molecule has 104 valence electrons. The zero-order valence-corrected chi connectivity index (χ0v) is 11.3. The summed E-state index contributed by atoms with van der Waals surface area (Å²) < 4.78 is 7.32. The van der Waals surface area contributed by atoms with Crippen LogP contribution in [0.1, 0.15) is 12.1 Å². The second-order valence-corrected chi connectivity index (χ2v) is 4.68. The molecule has 0 unspecified atom stereocenters. The van der Waals surface area contributed by atoms with Gasteiger partial charge in [0.15, 0.2) is 0 Å². The number of nitrogens with zero attached hydrogens (tertiary/aromatic N) is 4. The average Bonchev–Trinajstić information content (AvgIpc) is 2.89. The lowest BCUT2D eigenvalue weighted by molar-refractivity contribution is -0.118. The molecule has 6 heteroatoms. The summed E-state index contributed by atoms with van der Waals surface area (Å²) in [6.07, 6.45) is 6.23. The van der Waals surface area contributed by atoms with Crippen LogP contribution in [0.2, 0.25) is 0 Å². The van der Waals surface area contributed by atoms with E-state index < -0.39 is 0 Å². The first kappa shape index (κ1) is 12.7. The number of hydrogen-bond acceptors (Lipinski definition) is 4. The molecule has 0 N–H and O–H groups in total. The highest BCUT2D eigenvalue weighted by Gasteiger charge is 2.23. The topological polar surface area (TPSA) is 60.2 Å². The number of carbonyl (C=O) groups excluding carboxylic acids is 1. The van der Waals surface area contributed by atoms with Crippen LogP contribution in [0, 0.1) is 0 Å². The van der Waals surface area contributed by atoms with Crippen LogP contribution in [0.25, 0.3) is 0 Å². The SMILES string of the molecule is Cn1nccc1CCC(=O)N1CCOc2ccncc21. The predicted molar refractivity (Wildman–Crippen MR) is 73.6 cm³/mol. The fourth-order valence-corrected chi connectivity index (χ4v) is 2.34. The summed E-state index contributed by atoms with van der Waals surface area (Å²) in [6, 6.07) is 3.72. The molecule has 3 heterocycles. The Kier molecular flexibility index (Phi) is 3.37. The molecule has 3 rings (SSSR count). The van der Waals surface area contributed by atoms with Crippen LogP contribution in [0.3, 0.4) is 0 Å². The van der Waals surface area contributed by atoms with Crippen molar-refractivity contribution in [3.8, 4) is 5.75 Å². The summed E-state index contributed by atoms with van der Waals surface area (Å²) in [5, 5.41) is 4.10. The van der Waals surface area contributed by atoms with Crippen LogP contribution >= 0.6 is 0 Å². The molecule has 20 heavy (non-hydrogen) atoms. The van der Waals surface area contributed by atoms with Crippen molar-refractivity contribution in [1.82, 2.24) is 14.8 Å². The summed E-state index contributed by atoms with van der Waals surface area (Å²) in [7, 11) is 1.88. The Balaban J connectivity index is 1.71. The first-order chi connectivity index (χ1) is 9.75. The Bertz CT molecular complexity index is 623. The van der Waals surface area contributed by atoms with Crippen LogP contribution in [-0.2, 0) is 18.3 Å². The van der Waals surface area contributed by atoms with Crippen molar-refractivity contribution >= 4 is 11.6 Å². The van der Waals surface area contributed by atoms with Crippen LogP contribution in [-0.4, -0.2) is 33.8 Å². The van der Waals surface area contributed by atoms with E-state index in [1.165, 1.54) is 0 Å². The van der Waals surface area contributed by atoms with Gasteiger partial charge in [-0.1, -0.05) is 0 Å². The van der Waals surface area contributed by atoms with Crippen LogP contribution < -0.4 is 9.64 Å². The molecular weight excluding hydrogens is 256 g/mol. The molecule has 1 aliphatic rings. The van der Waals surface area contributed by atoms with E-state index >= 15 is 0 Å². The third-order valence-electron chi connectivity index (χ3n) is 3.44. The fraction of sp³-hybridized carbons (Fsp3) is 0.357. The minimum absolute atomic E-state index is 0.0868. The van der Waals surface area contributed by atoms with Crippen molar-refractivity contribution in [3.05, 3.63) is 36.4 Å². The minimum Gasteiger partial charge on any atom is -0.489 e. The molecule has 0 aromatic carbocycles. The van der Waals surface area contributed by atoms with Crippen LogP contribution in [0.5, 0.6) is 5.75 Å². The summed E-state index contributed by atoms with van der Waals surface area (Å²) in [6.45, 7) is 1.09. The summed E-state index contributed by atoms with van der Waals surface area (Å²) in [5.41, 5.74) is 1.81. The molecule has 0 radical (unpaired) electrons. The average molecular weight is 272 g/mol. The number of anilines is 1. The van der Waals surface area contributed by atoms with Gasteiger partial charge >= 0.3 is 0 Å². The third-order valence-corrected chi connectivity index (χ3v) is 3.44. The van der Waals surface area contributed by atoms with Gasteiger partial charge < -0.3 is 9.64 Å². The van der Waals surface area contributed by atoms with Gasteiger partial charge in [-0.05, 0) is 12.5 Å². The number of hydrogen-bond donors (Lipinski definition) is 0. The standard InChI is InChI=1S/C14H16N4O2/c1-17-11(4-7-16-17)2-3-14(19)18-8-9-20-13-5-6-15-10-12(13)18/h4-7,10H,2-3,8-9H2,1H3. The molecule has 0 saturated heterocycles. The van der Waals surface area contributed by atoms with Gasteiger partial charge in [-0.3, -0.25) is 14.5 Å². The predicted octanol–water partition coefficient (Wildman–Crippen LogP) is 1.17. The molecule has 1 amide bonds. The van der Waals surface area contributed by atoms with Gasteiger partial charge in [-0.15, -0.1) is 0 Å². The van der Waals surface area contributed by atoms with Gasteiger partial charge in [0.2, 0.25) is 5.91 Å². The highest BCUT2D eigenvalue weighted by atomic mass is 16.5.